The van der Waals surface area contributed by atoms with Crippen molar-refractivity contribution in [3.63, 3.8) is 0 Å². The minimum Gasteiger partial charge on any atom is -0.462 e. The Morgan fingerprint density at radius 3 is 0.687 bits per heavy atom. The zero-order chi connectivity index (χ0) is 72.8. The molecule has 0 aliphatic carbocycles. The smallest absolute Gasteiger partial charge is 0.462 e. The van der Waals surface area contributed by atoms with Crippen molar-refractivity contribution in [1.29, 1.82) is 0 Å². The van der Waals surface area contributed by atoms with Gasteiger partial charge in [-0.05, 0) is 37.5 Å². The predicted molar refractivity (Wildman–Crippen MR) is 405 cm³/mol. The average Bonchev–Trinajstić information content (AvgIpc) is 1.09. The van der Waals surface area contributed by atoms with E-state index in [1.54, 1.807) is 0 Å². The summed E-state index contributed by atoms with van der Waals surface area (Å²) >= 11 is 0. The van der Waals surface area contributed by atoms with Gasteiger partial charge >= 0.3 is 39.5 Å². The molecule has 0 aliphatic rings. The second-order valence-electron chi connectivity index (χ2n) is 29.8. The molecular formula is C80H156O17P2. The van der Waals surface area contributed by atoms with Crippen molar-refractivity contribution in [2.45, 2.75) is 439 Å². The average molecular weight is 1450 g/mol. The van der Waals surface area contributed by atoms with Crippen LogP contribution in [0, 0.1) is 11.8 Å². The van der Waals surface area contributed by atoms with E-state index in [0.717, 1.165) is 115 Å². The molecule has 2 unspecified atom stereocenters. The third-order valence-electron chi connectivity index (χ3n) is 18.7. The number of unbranched alkanes of at least 4 members (excludes halogenated alkanes) is 49. The monoisotopic (exact) mass is 1450 g/mol. The highest BCUT2D eigenvalue weighted by atomic mass is 31.2. The van der Waals surface area contributed by atoms with Crippen molar-refractivity contribution in [1.82, 2.24) is 0 Å². The highest BCUT2D eigenvalue weighted by molar-refractivity contribution is 7.47. The Labute approximate surface area is 607 Å². The predicted octanol–water partition coefficient (Wildman–Crippen LogP) is 23.9. The molecule has 17 nitrogen and oxygen atoms in total. The first-order chi connectivity index (χ1) is 47.9. The molecule has 0 rings (SSSR count). The van der Waals surface area contributed by atoms with Gasteiger partial charge in [-0.2, -0.15) is 0 Å². The summed E-state index contributed by atoms with van der Waals surface area (Å²) in [6.07, 6.45) is 61.2. The molecule has 0 radical (unpaired) electrons. The molecule has 588 valence electrons. The van der Waals surface area contributed by atoms with E-state index in [2.05, 4.69) is 41.5 Å². The van der Waals surface area contributed by atoms with Gasteiger partial charge < -0.3 is 33.8 Å². The van der Waals surface area contributed by atoms with E-state index in [0.29, 0.717) is 25.7 Å². The lowest BCUT2D eigenvalue weighted by molar-refractivity contribution is -0.161. The highest BCUT2D eigenvalue weighted by Gasteiger charge is 2.30. The fourth-order valence-corrected chi connectivity index (χ4v) is 13.9. The van der Waals surface area contributed by atoms with Gasteiger partial charge in [-0.3, -0.25) is 37.3 Å². The first kappa shape index (κ1) is 97.1. The summed E-state index contributed by atoms with van der Waals surface area (Å²) in [5, 5.41) is 10.6. The van der Waals surface area contributed by atoms with Gasteiger partial charge in [-0.1, -0.05) is 369 Å². The van der Waals surface area contributed by atoms with Crippen LogP contribution < -0.4 is 0 Å². The highest BCUT2D eigenvalue weighted by Crippen LogP contribution is 2.45. The van der Waals surface area contributed by atoms with Gasteiger partial charge in [0.15, 0.2) is 12.2 Å². The number of rotatable bonds is 79. The molecule has 99 heavy (non-hydrogen) atoms. The zero-order valence-corrected chi connectivity index (χ0v) is 66.6. The van der Waals surface area contributed by atoms with Crippen molar-refractivity contribution in [2.24, 2.45) is 11.8 Å². The van der Waals surface area contributed by atoms with Crippen LogP contribution in [0.2, 0.25) is 0 Å². The van der Waals surface area contributed by atoms with Crippen LogP contribution >= 0.6 is 15.6 Å². The molecule has 3 N–H and O–H groups in total. The lowest BCUT2D eigenvalue weighted by Crippen LogP contribution is -2.30. The Kier molecular flexibility index (Phi) is 70.3. The summed E-state index contributed by atoms with van der Waals surface area (Å²) in [6, 6.07) is 0. The van der Waals surface area contributed by atoms with Crippen LogP contribution in [0.5, 0.6) is 0 Å². The maximum atomic E-state index is 13.1. The fraction of sp³-hybridized carbons (Fsp3) is 0.950. The minimum absolute atomic E-state index is 0.107. The summed E-state index contributed by atoms with van der Waals surface area (Å²) < 4.78 is 68.6. The van der Waals surface area contributed by atoms with Crippen molar-refractivity contribution in [3.05, 3.63) is 0 Å². The van der Waals surface area contributed by atoms with Crippen molar-refractivity contribution >= 4 is 39.5 Å². The maximum absolute atomic E-state index is 13.1. The van der Waals surface area contributed by atoms with Crippen LogP contribution in [0.4, 0.5) is 0 Å². The third-order valence-corrected chi connectivity index (χ3v) is 20.6. The second kappa shape index (κ2) is 71.7. The number of ether oxygens (including phenoxy) is 4. The summed E-state index contributed by atoms with van der Waals surface area (Å²) in [7, 11) is -9.91. The van der Waals surface area contributed by atoms with Gasteiger partial charge in [0, 0.05) is 25.7 Å². The normalized spacial score (nSPS) is 13.9. The molecule has 0 aromatic heterocycles. The Balaban J connectivity index is 5.18. The number of carbonyl (C=O) groups is 4. The van der Waals surface area contributed by atoms with Crippen LogP contribution in [0.15, 0.2) is 0 Å². The molecule has 0 fully saturated rings. The van der Waals surface area contributed by atoms with Crippen LogP contribution in [0.3, 0.4) is 0 Å². The van der Waals surface area contributed by atoms with E-state index in [1.807, 2.05) is 0 Å². The van der Waals surface area contributed by atoms with E-state index >= 15 is 0 Å². The van der Waals surface area contributed by atoms with E-state index < -0.39 is 97.5 Å². The molecule has 0 saturated carbocycles. The lowest BCUT2D eigenvalue weighted by atomic mass is 10.0. The third kappa shape index (κ3) is 74.1. The number of carbonyl (C=O) groups excluding carboxylic acids is 4. The van der Waals surface area contributed by atoms with E-state index in [9.17, 15) is 43.2 Å². The zero-order valence-electron chi connectivity index (χ0n) is 64.8. The number of aliphatic hydroxyl groups is 1. The fourth-order valence-electron chi connectivity index (χ4n) is 12.4. The van der Waals surface area contributed by atoms with E-state index in [4.69, 9.17) is 37.0 Å². The Morgan fingerprint density at radius 1 is 0.273 bits per heavy atom. The first-order valence-corrected chi connectivity index (χ1v) is 44.5. The van der Waals surface area contributed by atoms with Crippen LogP contribution in [-0.2, 0) is 65.4 Å². The Morgan fingerprint density at radius 2 is 0.465 bits per heavy atom. The quantitative estimate of drug-likeness (QED) is 0.0222. The molecule has 0 aliphatic heterocycles. The van der Waals surface area contributed by atoms with Gasteiger partial charge in [-0.25, -0.2) is 9.13 Å². The molecule has 0 saturated heterocycles. The molecule has 0 amide bonds. The van der Waals surface area contributed by atoms with Crippen molar-refractivity contribution in [2.75, 3.05) is 39.6 Å². The number of hydrogen-bond acceptors (Lipinski definition) is 15. The SMILES string of the molecule is CCCCCCCCCCCCCCCCCCCC(=O)OC[C@H](COP(=O)(O)OC[C@@H](O)COP(=O)(O)OC[C@@H](COC(=O)CCCCCCCCC)OC(=O)CCCCCCCCCCCCCCCC(C)C)OC(=O)CCCCCCCCCCCCCCCCCCC(C)C. The topological polar surface area (TPSA) is 237 Å². The van der Waals surface area contributed by atoms with Crippen LogP contribution in [0.25, 0.3) is 0 Å². The number of phosphoric acid groups is 2. The minimum atomic E-state index is -4.96. The standard InChI is InChI=1S/C80H156O17P2/c1-7-9-11-13-15-16-17-18-19-20-24-29-34-39-45-51-57-63-78(83)91-69-76(97-80(85)64-58-52-46-40-35-30-25-22-21-23-27-32-37-43-48-54-60-72(3)4)71-95-99(88,89)93-67-74(81)66-92-98(86,87)94-70-75(68-90-77(82)62-56-50-42-14-12-10-8-2)96-79(84)65-59-53-47-41-36-31-26-28-33-38-44-49-55-61-73(5)6/h72-76,81H,7-71H2,1-6H3,(H,86,87)(H,88,89)/t74-,75+,76+/m0/s1. The summed E-state index contributed by atoms with van der Waals surface area (Å²) in [4.78, 5) is 72.9. The summed E-state index contributed by atoms with van der Waals surface area (Å²) in [5.74, 6) is -0.517. The Hall–Kier alpha value is -1.94. The molecule has 0 spiro atoms. The van der Waals surface area contributed by atoms with Gasteiger partial charge in [0.25, 0.3) is 0 Å². The van der Waals surface area contributed by atoms with Crippen molar-refractivity contribution in [3.8, 4) is 0 Å². The Bertz CT molecular complexity index is 1910. The molecular weight excluding hydrogens is 1290 g/mol. The first-order valence-electron chi connectivity index (χ1n) is 41.5. The molecule has 0 heterocycles. The lowest BCUT2D eigenvalue weighted by Gasteiger charge is -2.21. The maximum Gasteiger partial charge on any atom is 0.472 e. The molecule has 0 aromatic carbocycles. The number of esters is 4. The molecule has 0 aromatic rings. The van der Waals surface area contributed by atoms with Crippen LogP contribution in [0.1, 0.15) is 420 Å². The van der Waals surface area contributed by atoms with Gasteiger partial charge in [-0.15, -0.1) is 0 Å². The van der Waals surface area contributed by atoms with E-state index in [1.165, 1.54) is 225 Å². The largest absolute Gasteiger partial charge is 0.472 e. The van der Waals surface area contributed by atoms with Gasteiger partial charge in [0.1, 0.15) is 19.3 Å². The molecule has 5 atom stereocenters. The molecule has 0 bridgehead atoms. The van der Waals surface area contributed by atoms with E-state index in [-0.39, 0.29) is 25.7 Å². The summed E-state index contributed by atoms with van der Waals surface area (Å²) in [5.41, 5.74) is 0. The number of aliphatic hydroxyl groups excluding tert-OH is 1. The number of phosphoric ester groups is 2. The number of hydrogen-bond donors (Lipinski definition) is 3. The second-order valence-corrected chi connectivity index (χ2v) is 32.7. The summed E-state index contributed by atoms with van der Waals surface area (Å²) in [6.45, 7) is 9.64. The van der Waals surface area contributed by atoms with Crippen LogP contribution in [-0.4, -0.2) is 96.7 Å². The molecule has 19 heteroatoms. The van der Waals surface area contributed by atoms with Gasteiger partial charge in [0.2, 0.25) is 0 Å². The van der Waals surface area contributed by atoms with Gasteiger partial charge in [0.05, 0.1) is 26.4 Å². The van der Waals surface area contributed by atoms with Crippen molar-refractivity contribution < 1.29 is 80.2 Å².